The van der Waals surface area contributed by atoms with Crippen LogP contribution in [0.2, 0.25) is 0 Å². The monoisotopic (exact) mass is 391 g/mol. The number of anilines is 1. The van der Waals surface area contributed by atoms with Gasteiger partial charge in [-0.15, -0.1) is 0 Å². The van der Waals surface area contributed by atoms with Gasteiger partial charge in [0.15, 0.2) is 5.76 Å². The van der Waals surface area contributed by atoms with E-state index in [1.165, 1.54) is 12.1 Å². The maximum absolute atomic E-state index is 13.1. The van der Waals surface area contributed by atoms with E-state index in [1.54, 1.807) is 12.1 Å². The van der Waals surface area contributed by atoms with Gasteiger partial charge in [0.1, 0.15) is 11.6 Å². The summed E-state index contributed by atoms with van der Waals surface area (Å²) >= 11 is 0. The van der Waals surface area contributed by atoms with Crippen LogP contribution < -0.4 is 10.7 Å². The second-order valence-electron chi connectivity index (χ2n) is 7.05. The predicted octanol–water partition coefficient (Wildman–Crippen LogP) is 4.81. The largest absolute Gasteiger partial charge is 0.455 e. The molecule has 1 aliphatic carbocycles. The molecule has 5 nitrogen and oxygen atoms in total. The first kappa shape index (κ1) is 18.9. The van der Waals surface area contributed by atoms with Crippen molar-refractivity contribution in [1.29, 1.82) is 0 Å². The van der Waals surface area contributed by atoms with Crippen molar-refractivity contribution in [2.75, 3.05) is 5.43 Å². The molecule has 1 aliphatic rings. The molecule has 0 bridgehead atoms. The van der Waals surface area contributed by atoms with Crippen molar-refractivity contribution in [3.8, 4) is 0 Å². The van der Waals surface area contributed by atoms with Crippen LogP contribution in [0.3, 0.4) is 0 Å². The van der Waals surface area contributed by atoms with Gasteiger partial charge in [0.2, 0.25) is 0 Å². The number of hydrogen-bond acceptors (Lipinski definition) is 4. The second kappa shape index (κ2) is 8.31. The molecule has 1 amide bonds. The quantitative estimate of drug-likeness (QED) is 0.614. The number of aryl methyl sites for hydroxylation is 1. The summed E-state index contributed by atoms with van der Waals surface area (Å²) in [6, 6.07) is 15.8. The Bertz CT molecular complexity index is 1040. The third-order valence-electron chi connectivity index (χ3n) is 4.99. The molecule has 0 fully saturated rings. The van der Waals surface area contributed by atoms with E-state index in [4.69, 9.17) is 4.42 Å². The topological polar surface area (TPSA) is 66.6 Å². The lowest BCUT2D eigenvalue weighted by atomic mass is 9.93. The number of carbonyl (C=O) groups excluding carboxylic acids is 1. The minimum atomic E-state index is -0.292. The van der Waals surface area contributed by atoms with Gasteiger partial charge in [-0.1, -0.05) is 30.3 Å². The van der Waals surface area contributed by atoms with Crippen LogP contribution in [0.4, 0.5) is 10.1 Å². The Hall–Kier alpha value is -3.41. The number of rotatable bonds is 5. The summed E-state index contributed by atoms with van der Waals surface area (Å²) < 4.78 is 19.0. The van der Waals surface area contributed by atoms with Crippen LogP contribution in [0, 0.1) is 12.7 Å². The van der Waals surface area contributed by atoms with Crippen LogP contribution in [0.15, 0.2) is 64.1 Å². The van der Waals surface area contributed by atoms with Gasteiger partial charge < -0.3 is 9.73 Å². The number of hydrazone groups is 1. The molecule has 1 heterocycles. The molecule has 0 aliphatic heterocycles. The van der Waals surface area contributed by atoms with Crippen molar-refractivity contribution in [1.82, 2.24) is 5.32 Å². The van der Waals surface area contributed by atoms with Crippen molar-refractivity contribution >= 4 is 17.3 Å². The molecule has 2 aromatic carbocycles. The van der Waals surface area contributed by atoms with Gasteiger partial charge in [-0.05, 0) is 49.6 Å². The number of amides is 1. The molecule has 0 saturated heterocycles. The predicted molar refractivity (Wildman–Crippen MR) is 111 cm³/mol. The van der Waals surface area contributed by atoms with Gasteiger partial charge in [-0.25, -0.2) is 4.39 Å². The van der Waals surface area contributed by atoms with E-state index in [-0.39, 0.29) is 11.7 Å². The van der Waals surface area contributed by atoms with Crippen LogP contribution >= 0.6 is 0 Å². The van der Waals surface area contributed by atoms with E-state index in [0.29, 0.717) is 18.0 Å². The van der Waals surface area contributed by atoms with Crippen LogP contribution in [0.1, 0.15) is 45.8 Å². The van der Waals surface area contributed by atoms with Crippen molar-refractivity contribution in [2.45, 2.75) is 32.7 Å². The molecule has 3 aromatic rings. The molecule has 2 N–H and O–H groups in total. The highest BCUT2D eigenvalue weighted by molar-refractivity contribution is 6.06. The lowest BCUT2D eigenvalue weighted by Crippen LogP contribution is -2.23. The van der Waals surface area contributed by atoms with E-state index in [2.05, 4.69) is 15.8 Å². The standard InChI is InChI=1S/C23H22FN3O2/c1-15-21-19(27-26-18-12-10-17(24)11-13-18)8-5-9-20(21)29-22(15)23(28)25-14-16-6-3-2-4-7-16/h2-4,6-7,10-13,26H,5,8-9,14H2,1H3,(H,25,28)/b27-19+. The third-order valence-corrected chi connectivity index (χ3v) is 4.99. The molecule has 0 spiro atoms. The molecule has 0 saturated carbocycles. The Kier molecular flexibility index (Phi) is 5.42. The number of nitrogens with one attached hydrogen (secondary N) is 2. The first-order chi connectivity index (χ1) is 14.1. The van der Waals surface area contributed by atoms with Gasteiger partial charge in [0.25, 0.3) is 5.91 Å². The average molecular weight is 391 g/mol. The van der Waals surface area contributed by atoms with E-state index < -0.39 is 0 Å². The van der Waals surface area contributed by atoms with Crippen molar-refractivity contribution in [3.05, 3.63) is 88.6 Å². The van der Waals surface area contributed by atoms with Gasteiger partial charge in [0, 0.05) is 24.1 Å². The molecular weight excluding hydrogens is 369 g/mol. The summed E-state index contributed by atoms with van der Waals surface area (Å²) in [5.41, 5.74) is 7.25. The number of nitrogens with zero attached hydrogens (tertiary/aromatic N) is 1. The van der Waals surface area contributed by atoms with Gasteiger partial charge in [-0.3, -0.25) is 10.2 Å². The highest BCUT2D eigenvalue weighted by Crippen LogP contribution is 2.30. The molecule has 29 heavy (non-hydrogen) atoms. The molecule has 0 radical (unpaired) electrons. The number of halogens is 1. The summed E-state index contributed by atoms with van der Waals surface area (Å²) in [5.74, 6) is 0.604. The molecular formula is C23H22FN3O2. The highest BCUT2D eigenvalue weighted by Gasteiger charge is 2.27. The number of hydrogen-bond donors (Lipinski definition) is 2. The molecule has 0 atom stereocenters. The fourth-order valence-corrected chi connectivity index (χ4v) is 3.51. The zero-order valence-electron chi connectivity index (χ0n) is 16.2. The van der Waals surface area contributed by atoms with Gasteiger partial charge >= 0.3 is 0 Å². The van der Waals surface area contributed by atoms with Crippen LogP contribution in [0.25, 0.3) is 0 Å². The number of benzene rings is 2. The zero-order valence-corrected chi connectivity index (χ0v) is 16.2. The molecule has 4 rings (SSSR count). The summed E-state index contributed by atoms with van der Waals surface area (Å²) in [6.07, 6.45) is 2.46. The fraction of sp³-hybridized carbons (Fsp3) is 0.217. The van der Waals surface area contributed by atoms with Gasteiger partial charge in [0.05, 0.1) is 11.4 Å². The second-order valence-corrected chi connectivity index (χ2v) is 7.05. The van der Waals surface area contributed by atoms with Crippen molar-refractivity contribution in [2.24, 2.45) is 5.10 Å². The van der Waals surface area contributed by atoms with Crippen LogP contribution in [-0.2, 0) is 13.0 Å². The lowest BCUT2D eigenvalue weighted by Gasteiger charge is -2.13. The first-order valence-electron chi connectivity index (χ1n) is 9.64. The van der Waals surface area contributed by atoms with Gasteiger partial charge in [-0.2, -0.15) is 5.10 Å². The maximum Gasteiger partial charge on any atom is 0.287 e. The van der Waals surface area contributed by atoms with E-state index in [1.807, 2.05) is 37.3 Å². The number of fused-ring (bicyclic) bond motifs is 1. The normalized spacial score (nSPS) is 14.5. The average Bonchev–Trinajstić information content (AvgIpc) is 3.10. The summed E-state index contributed by atoms with van der Waals surface area (Å²) in [6.45, 7) is 2.33. The third kappa shape index (κ3) is 4.21. The Labute approximate surface area is 168 Å². The molecule has 6 heteroatoms. The molecule has 0 unspecified atom stereocenters. The molecule has 1 aromatic heterocycles. The van der Waals surface area contributed by atoms with Crippen LogP contribution in [-0.4, -0.2) is 11.6 Å². The van der Waals surface area contributed by atoms with Crippen molar-refractivity contribution in [3.63, 3.8) is 0 Å². The minimum absolute atomic E-state index is 0.230. The molecule has 148 valence electrons. The SMILES string of the molecule is Cc1c(C(=O)NCc2ccccc2)oc2c1/C(=N/Nc1ccc(F)cc1)CCC2. The van der Waals surface area contributed by atoms with Crippen molar-refractivity contribution < 1.29 is 13.6 Å². The maximum atomic E-state index is 13.1. The summed E-state index contributed by atoms with van der Waals surface area (Å²) in [4.78, 5) is 12.7. The smallest absolute Gasteiger partial charge is 0.287 e. The number of carbonyl (C=O) groups is 1. The minimum Gasteiger partial charge on any atom is -0.455 e. The summed E-state index contributed by atoms with van der Waals surface area (Å²) in [7, 11) is 0. The zero-order chi connectivity index (χ0) is 20.2. The highest BCUT2D eigenvalue weighted by atomic mass is 19.1. The lowest BCUT2D eigenvalue weighted by molar-refractivity contribution is 0.0920. The van der Waals surface area contributed by atoms with E-state index >= 15 is 0 Å². The Morgan fingerprint density at radius 3 is 2.62 bits per heavy atom. The van der Waals surface area contributed by atoms with Crippen LogP contribution in [0.5, 0.6) is 0 Å². The Balaban J connectivity index is 1.53. The Morgan fingerprint density at radius 1 is 1.10 bits per heavy atom. The van der Waals surface area contributed by atoms with E-state index in [0.717, 1.165) is 47.4 Å². The first-order valence-corrected chi connectivity index (χ1v) is 9.64. The Morgan fingerprint density at radius 2 is 1.86 bits per heavy atom. The number of furan rings is 1. The fourth-order valence-electron chi connectivity index (χ4n) is 3.51. The van der Waals surface area contributed by atoms with E-state index in [9.17, 15) is 9.18 Å². The summed E-state index contributed by atoms with van der Waals surface area (Å²) in [5, 5.41) is 7.42.